The van der Waals surface area contributed by atoms with Crippen LogP contribution in [0.3, 0.4) is 0 Å². The van der Waals surface area contributed by atoms with Gasteiger partial charge < -0.3 is 15.4 Å². The minimum absolute atomic E-state index is 0.123. The Hall–Kier alpha value is -1.53. The Bertz CT molecular complexity index is 460. The highest BCUT2D eigenvalue weighted by atomic mass is 19.2. The molecule has 1 saturated heterocycles. The maximum absolute atomic E-state index is 13.3. The Labute approximate surface area is 103 Å². The van der Waals surface area contributed by atoms with E-state index in [0.717, 1.165) is 12.1 Å². The molecule has 0 aliphatic carbocycles. The van der Waals surface area contributed by atoms with Crippen LogP contribution in [0, 0.1) is 11.6 Å². The van der Waals surface area contributed by atoms with Gasteiger partial charge >= 0.3 is 0 Å². The molecule has 0 spiro atoms. The maximum Gasteiger partial charge on any atom is 0.178 e. The van der Waals surface area contributed by atoms with Crippen molar-refractivity contribution >= 4 is 11.5 Å². The summed E-state index contributed by atoms with van der Waals surface area (Å²) < 4.78 is 31.7. The van der Waals surface area contributed by atoms with Crippen LogP contribution in [0.1, 0.15) is 10.4 Å². The predicted molar refractivity (Wildman–Crippen MR) is 62.8 cm³/mol. The van der Waals surface area contributed by atoms with E-state index in [1.54, 1.807) is 4.90 Å². The minimum atomic E-state index is -1.04. The van der Waals surface area contributed by atoms with E-state index < -0.39 is 17.4 Å². The first-order chi connectivity index (χ1) is 8.63. The summed E-state index contributed by atoms with van der Waals surface area (Å²) in [6, 6.07) is 1.96. The zero-order chi connectivity index (χ0) is 13.1. The first kappa shape index (κ1) is 12.9. The molecule has 1 aliphatic heterocycles. The lowest BCUT2D eigenvalue weighted by atomic mass is 10.1. The molecule has 2 rings (SSSR count). The van der Waals surface area contributed by atoms with Gasteiger partial charge in [-0.1, -0.05) is 0 Å². The van der Waals surface area contributed by atoms with Crippen LogP contribution >= 0.6 is 0 Å². The molecule has 98 valence electrons. The Kier molecular flexibility index (Phi) is 3.88. The second kappa shape index (κ2) is 5.41. The van der Waals surface area contributed by atoms with Crippen molar-refractivity contribution in [3.8, 4) is 0 Å². The number of hydrogen-bond donors (Lipinski definition) is 1. The molecule has 4 nitrogen and oxygen atoms in total. The molecule has 1 aromatic carbocycles. The number of ether oxygens (including phenoxy) is 1. The summed E-state index contributed by atoms with van der Waals surface area (Å²) in [7, 11) is 0. The number of benzene rings is 1. The second-order valence-corrected chi connectivity index (χ2v) is 4.01. The van der Waals surface area contributed by atoms with E-state index in [0.29, 0.717) is 32.0 Å². The summed E-state index contributed by atoms with van der Waals surface area (Å²) in [6.45, 7) is 1.83. The fraction of sp³-hybridized carbons (Fsp3) is 0.417. The Morgan fingerprint density at radius 3 is 2.50 bits per heavy atom. The predicted octanol–water partition coefficient (Wildman–Crippen LogP) is 0.943. The Morgan fingerprint density at radius 1 is 1.28 bits per heavy atom. The number of hydrogen-bond acceptors (Lipinski definition) is 4. The van der Waals surface area contributed by atoms with E-state index in [1.165, 1.54) is 0 Å². The van der Waals surface area contributed by atoms with Gasteiger partial charge in [-0.15, -0.1) is 0 Å². The van der Waals surface area contributed by atoms with E-state index in [1.807, 2.05) is 0 Å². The molecule has 6 heteroatoms. The molecule has 0 aromatic heterocycles. The Morgan fingerprint density at radius 2 is 1.89 bits per heavy atom. The van der Waals surface area contributed by atoms with Crippen LogP contribution in [0.2, 0.25) is 0 Å². The van der Waals surface area contributed by atoms with Gasteiger partial charge in [-0.25, -0.2) is 8.78 Å². The molecule has 0 radical (unpaired) electrons. The van der Waals surface area contributed by atoms with Gasteiger partial charge in [-0.05, 0) is 6.07 Å². The van der Waals surface area contributed by atoms with Crippen LogP contribution in [0.4, 0.5) is 14.5 Å². The third kappa shape index (κ3) is 2.49. The fourth-order valence-corrected chi connectivity index (χ4v) is 1.94. The number of rotatable bonds is 3. The van der Waals surface area contributed by atoms with Crippen LogP contribution in [0.15, 0.2) is 12.1 Å². The summed E-state index contributed by atoms with van der Waals surface area (Å²) in [5.41, 5.74) is 5.79. The molecule has 0 bridgehead atoms. The highest BCUT2D eigenvalue weighted by Gasteiger charge is 2.21. The van der Waals surface area contributed by atoms with Gasteiger partial charge in [-0.2, -0.15) is 0 Å². The normalized spacial score (nSPS) is 15.8. The standard InChI is InChI=1S/C12H14F2N2O2/c13-9-5-8(12(17)7-15)11(6-10(9)14)16-1-3-18-4-2-16/h5-6H,1-4,7,15H2. The van der Waals surface area contributed by atoms with Gasteiger partial charge in [0.2, 0.25) is 0 Å². The Balaban J connectivity index is 2.42. The molecule has 1 aromatic rings. The highest BCUT2D eigenvalue weighted by Crippen LogP contribution is 2.25. The van der Waals surface area contributed by atoms with Gasteiger partial charge in [0.1, 0.15) is 0 Å². The lowest BCUT2D eigenvalue weighted by Crippen LogP contribution is -2.37. The average molecular weight is 256 g/mol. The van der Waals surface area contributed by atoms with Crippen molar-refractivity contribution in [2.45, 2.75) is 0 Å². The van der Waals surface area contributed by atoms with Gasteiger partial charge in [0, 0.05) is 24.7 Å². The number of nitrogens with two attached hydrogens (primary N) is 1. The minimum Gasteiger partial charge on any atom is -0.378 e. The van der Waals surface area contributed by atoms with Crippen LogP contribution < -0.4 is 10.6 Å². The van der Waals surface area contributed by atoms with Gasteiger partial charge in [0.25, 0.3) is 0 Å². The van der Waals surface area contributed by atoms with Gasteiger partial charge in [-0.3, -0.25) is 4.79 Å². The van der Waals surface area contributed by atoms with E-state index in [4.69, 9.17) is 10.5 Å². The summed E-state index contributed by atoms with van der Waals surface area (Å²) in [5, 5.41) is 0. The van der Waals surface area contributed by atoms with Crippen LogP contribution in [-0.4, -0.2) is 38.6 Å². The SMILES string of the molecule is NCC(=O)c1cc(F)c(F)cc1N1CCOCC1. The van der Waals surface area contributed by atoms with E-state index in [9.17, 15) is 13.6 Å². The van der Waals surface area contributed by atoms with Gasteiger partial charge in [0.15, 0.2) is 17.4 Å². The van der Waals surface area contributed by atoms with E-state index in [2.05, 4.69) is 0 Å². The summed E-state index contributed by atoms with van der Waals surface area (Å²) in [4.78, 5) is 13.5. The summed E-state index contributed by atoms with van der Waals surface area (Å²) >= 11 is 0. The summed E-state index contributed by atoms with van der Waals surface area (Å²) in [5.74, 6) is -2.41. The first-order valence-electron chi connectivity index (χ1n) is 5.68. The zero-order valence-electron chi connectivity index (χ0n) is 9.79. The number of anilines is 1. The van der Waals surface area contributed by atoms with E-state index in [-0.39, 0.29) is 12.1 Å². The average Bonchev–Trinajstić information content (AvgIpc) is 2.41. The van der Waals surface area contributed by atoms with Crippen molar-refractivity contribution in [2.24, 2.45) is 5.73 Å². The third-order valence-electron chi connectivity index (χ3n) is 2.88. The highest BCUT2D eigenvalue weighted by molar-refractivity contribution is 6.02. The number of ketones is 1. The molecule has 1 fully saturated rings. The van der Waals surface area contributed by atoms with Crippen LogP contribution in [0.25, 0.3) is 0 Å². The van der Waals surface area contributed by atoms with E-state index >= 15 is 0 Å². The third-order valence-corrected chi connectivity index (χ3v) is 2.88. The fourth-order valence-electron chi connectivity index (χ4n) is 1.94. The molecule has 1 aliphatic rings. The van der Waals surface area contributed by atoms with Crippen molar-refractivity contribution in [2.75, 3.05) is 37.7 Å². The maximum atomic E-state index is 13.3. The van der Waals surface area contributed by atoms with Crippen molar-refractivity contribution in [3.05, 3.63) is 29.3 Å². The number of carbonyl (C=O) groups is 1. The number of halogens is 2. The molecule has 0 unspecified atom stereocenters. The van der Waals surface area contributed by atoms with Crippen molar-refractivity contribution in [1.29, 1.82) is 0 Å². The molecular weight excluding hydrogens is 242 g/mol. The lowest BCUT2D eigenvalue weighted by Gasteiger charge is -2.30. The molecule has 0 amide bonds. The molecular formula is C12H14F2N2O2. The summed E-state index contributed by atoms with van der Waals surface area (Å²) in [6.07, 6.45) is 0. The van der Waals surface area contributed by atoms with Crippen molar-refractivity contribution < 1.29 is 18.3 Å². The number of morpholine rings is 1. The van der Waals surface area contributed by atoms with Crippen molar-refractivity contribution in [3.63, 3.8) is 0 Å². The quantitative estimate of drug-likeness (QED) is 0.818. The topological polar surface area (TPSA) is 55.6 Å². The molecule has 2 N–H and O–H groups in total. The van der Waals surface area contributed by atoms with Crippen molar-refractivity contribution in [1.82, 2.24) is 0 Å². The monoisotopic (exact) mass is 256 g/mol. The molecule has 0 atom stereocenters. The zero-order valence-corrected chi connectivity index (χ0v) is 9.79. The van der Waals surface area contributed by atoms with Crippen LogP contribution in [0.5, 0.6) is 0 Å². The largest absolute Gasteiger partial charge is 0.378 e. The second-order valence-electron chi connectivity index (χ2n) is 4.01. The number of Topliss-reactive ketones (excluding diaryl/α,β-unsaturated/α-hetero) is 1. The smallest absolute Gasteiger partial charge is 0.178 e. The van der Waals surface area contributed by atoms with Gasteiger partial charge in [0.05, 0.1) is 25.4 Å². The molecule has 18 heavy (non-hydrogen) atoms. The molecule has 1 heterocycles. The number of carbonyl (C=O) groups excluding carboxylic acids is 1. The first-order valence-corrected chi connectivity index (χ1v) is 5.68. The molecule has 0 saturated carbocycles. The lowest BCUT2D eigenvalue weighted by molar-refractivity contribution is 0.0999. The number of nitrogens with zero attached hydrogens (tertiary/aromatic N) is 1. The van der Waals surface area contributed by atoms with Crippen LogP contribution in [-0.2, 0) is 4.74 Å².